The highest BCUT2D eigenvalue weighted by Gasteiger charge is 2.46. The number of ether oxygens (including phenoxy) is 4. The number of benzene rings is 2. The number of piperidine rings is 1. The molecule has 8 heteroatoms. The molecule has 0 saturated carbocycles. The standard InChI is InChI=1S/C32H46N2O6/c1-30(2,3)40-29(36)34-24(20-39-32(34,6)7)19-38-25-12-9-11-22(17-25)28(35)26-18-23(13-14-27(26)37-8)33-16-10-15-31(4,5)21-33/h9,11-14,17-18,24,28,35H,10,15-16,19-21H2,1-8H3/t24-,28?/m0/s1. The predicted molar refractivity (Wildman–Crippen MR) is 156 cm³/mol. The molecule has 2 fully saturated rings. The van der Waals surface area contributed by atoms with Crippen LogP contribution in [0.5, 0.6) is 11.5 Å². The highest BCUT2D eigenvalue weighted by molar-refractivity contribution is 5.69. The molecule has 1 N–H and O–H groups in total. The largest absolute Gasteiger partial charge is 0.496 e. The van der Waals surface area contributed by atoms with Crippen LogP contribution in [0.25, 0.3) is 0 Å². The van der Waals surface area contributed by atoms with E-state index >= 15 is 0 Å². The van der Waals surface area contributed by atoms with Crippen LogP contribution in [0.4, 0.5) is 10.5 Å². The van der Waals surface area contributed by atoms with Gasteiger partial charge >= 0.3 is 6.09 Å². The van der Waals surface area contributed by atoms with Crippen molar-refractivity contribution in [1.82, 2.24) is 4.90 Å². The molecule has 2 aromatic rings. The number of methoxy groups -OCH3 is 1. The van der Waals surface area contributed by atoms with Crippen LogP contribution in [0.1, 0.15) is 78.5 Å². The van der Waals surface area contributed by atoms with Gasteiger partial charge in [-0.1, -0.05) is 26.0 Å². The average molecular weight is 555 g/mol. The second kappa shape index (κ2) is 11.5. The highest BCUT2D eigenvalue weighted by Crippen LogP contribution is 2.37. The van der Waals surface area contributed by atoms with Crippen molar-refractivity contribution in [2.45, 2.75) is 84.8 Å². The van der Waals surface area contributed by atoms with Crippen LogP contribution in [-0.2, 0) is 9.47 Å². The molecule has 40 heavy (non-hydrogen) atoms. The molecule has 2 heterocycles. The van der Waals surface area contributed by atoms with E-state index in [0.717, 1.165) is 25.2 Å². The molecule has 2 aliphatic rings. The Morgan fingerprint density at radius 1 is 1.15 bits per heavy atom. The van der Waals surface area contributed by atoms with Gasteiger partial charge in [-0.15, -0.1) is 0 Å². The topological polar surface area (TPSA) is 80.7 Å². The summed E-state index contributed by atoms with van der Waals surface area (Å²) in [6, 6.07) is 13.1. The van der Waals surface area contributed by atoms with Gasteiger partial charge in [-0.05, 0) is 88.8 Å². The lowest BCUT2D eigenvalue weighted by atomic mass is 9.84. The first-order valence-electron chi connectivity index (χ1n) is 14.2. The lowest BCUT2D eigenvalue weighted by Crippen LogP contribution is -2.51. The van der Waals surface area contributed by atoms with Gasteiger partial charge in [-0.25, -0.2) is 4.79 Å². The van der Waals surface area contributed by atoms with Crippen LogP contribution in [0.3, 0.4) is 0 Å². The molecule has 4 rings (SSSR count). The Balaban J connectivity index is 1.50. The first kappa shape index (κ1) is 30.0. The molecule has 0 aromatic heterocycles. The Bertz CT molecular complexity index is 1190. The van der Waals surface area contributed by atoms with Crippen molar-refractivity contribution in [3.05, 3.63) is 53.6 Å². The van der Waals surface area contributed by atoms with Crippen molar-refractivity contribution in [1.29, 1.82) is 0 Å². The molecule has 0 aliphatic carbocycles. The fraction of sp³-hybridized carbons (Fsp3) is 0.594. The molecule has 8 nitrogen and oxygen atoms in total. The molecule has 2 aromatic carbocycles. The normalized spacial score (nSPS) is 21.2. The van der Waals surface area contributed by atoms with Crippen LogP contribution in [0, 0.1) is 5.41 Å². The van der Waals surface area contributed by atoms with E-state index < -0.39 is 23.5 Å². The van der Waals surface area contributed by atoms with Crippen molar-refractivity contribution in [2.75, 3.05) is 38.3 Å². The SMILES string of the molecule is COc1ccc(N2CCCC(C)(C)C2)cc1C(O)c1cccc(OC[C@H]2COC(C)(C)N2C(=O)OC(C)(C)C)c1. The van der Waals surface area contributed by atoms with Gasteiger partial charge in [0.25, 0.3) is 0 Å². The zero-order valence-electron chi connectivity index (χ0n) is 25.3. The van der Waals surface area contributed by atoms with E-state index in [0.29, 0.717) is 29.2 Å². The predicted octanol–water partition coefficient (Wildman–Crippen LogP) is 6.15. The summed E-state index contributed by atoms with van der Waals surface area (Å²) < 4.78 is 23.3. The van der Waals surface area contributed by atoms with Gasteiger partial charge in [-0.2, -0.15) is 0 Å². The molecule has 0 bridgehead atoms. The van der Waals surface area contributed by atoms with Crippen molar-refractivity contribution in [2.24, 2.45) is 5.41 Å². The van der Waals surface area contributed by atoms with Gasteiger partial charge in [0, 0.05) is 24.3 Å². The number of aliphatic hydroxyl groups is 1. The smallest absolute Gasteiger partial charge is 0.413 e. The van der Waals surface area contributed by atoms with E-state index in [1.54, 1.807) is 12.0 Å². The molecule has 1 unspecified atom stereocenters. The van der Waals surface area contributed by atoms with E-state index in [4.69, 9.17) is 18.9 Å². The highest BCUT2D eigenvalue weighted by atomic mass is 16.6. The maximum absolute atomic E-state index is 13.0. The third kappa shape index (κ3) is 7.02. The van der Waals surface area contributed by atoms with Gasteiger partial charge in [0.2, 0.25) is 0 Å². The lowest BCUT2D eigenvalue weighted by Gasteiger charge is -2.39. The number of nitrogens with zero attached hydrogens (tertiary/aromatic N) is 2. The maximum Gasteiger partial charge on any atom is 0.413 e. The van der Waals surface area contributed by atoms with Crippen LogP contribution in [0.15, 0.2) is 42.5 Å². The Morgan fingerprint density at radius 3 is 2.58 bits per heavy atom. The summed E-state index contributed by atoms with van der Waals surface area (Å²) in [7, 11) is 1.62. The Morgan fingerprint density at radius 2 is 1.90 bits per heavy atom. The summed E-state index contributed by atoms with van der Waals surface area (Å²) in [5, 5.41) is 11.5. The third-order valence-electron chi connectivity index (χ3n) is 7.55. The van der Waals surface area contributed by atoms with Gasteiger partial charge in [0.15, 0.2) is 0 Å². The second-order valence-electron chi connectivity index (χ2n) is 13.2. The lowest BCUT2D eigenvalue weighted by molar-refractivity contribution is -0.0637. The van der Waals surface area contributed by atoms with E-state index in [-0.39, 0.29) is 18.1 Å². The maximum atomic E-state index is 13.0. The number of hydrogen-bond acceptors (Lipinski definition) is 7. The molecule has 2 atom stereocenters. The second-order valence-corrected chi connectivity index (χ2v) is 13.2. The number of amides is 1. The molecular formula is C32H46N2O6. The van der Waals surface area contributed by atoms with E-state index in [9.17, 15) is 9.90 Å². The van der Waals surface area contributed by atoms with Gasteiger partial charge in [0.1, 0.15) is 35.5 Å². The van der Waals surface area contributed by atoms with Crippen molar-refractivity contribution >= 4 is 11.8 Å². The van der Waals surface area contributed by atoms with E-state index in [1.807, 2.05) is 71.0 Å². The Hall–Kier alpha value is -2.97. The minimum Gasteiger partial charge on any atom is -0.496 e. The van der Waals surface area contributed by atoms with Crippen molar-refractivity contribution in [3.8, 4) is 11.5 Å². The summed E-state index contributed by atoms with van der Waals surface area (Å²) in [6.45, 7) is 16.4. The van der Waals surface area contributed by atoms with Gasteiger partial charge < -0.3 is 29.0 Å². The summed E-state index contributed by atoms with van der Waals surface area (Å²) in [5.74, 6) is 1.23. The first-order valence-corrected chi connectivity index (χ1v) is 14.2. The molecule has 2 saturated heterocycles. The molecule has 0 spiro atoms. The van der Waals surface area contributed by atoms with Crippen LogP contribution in [-0.4, -0.2) is 66.9 Å². The fourth-order valence-electron chi connectivity index (χ4n) is 5.61. The minimum absolute atomic E-state index is 0.228. The number of carbonyl (C=O) groups is 1. The number of aliphatic hydroxyl groups excluding tert-OH is 1. The summed E-state index contributed by atoms with van der Waals surface area (Å²) in [5.41, 5.74) is 1.32. The molecule has 1 amide bonds. The summed E-state index contributed by atoms with van der Waals surface area (Å²) in [6.07, 6.45) is 1.02. The Kier molecular flexibility index (Phi) is 8.62. The average Bonchev–Trinajstić information content (AvgIpc) is 3.19. The van der Waals surface area contributed by atoms with Gasteiger partial charge in [0.05, 0.1) is 19.8 Å². The third-order valence-corrected chi connectivity index (χ3v) is 7.55. The summed E-state index contributed by atoms with van der Waals surface area (Å²) >= 11 is 0. The number of anilines is 1. The van der Waals surface area contributed by atoms with Crippen LogP contribution >= 0.6 is 0 Å². The molecule has 220 valence electrons. The zero-order valence-corrected chi connectivity index (χ0v) is 25.3. The van der Waals surface area contributed by atoms with Gasteiger partial charge in [-0.3, -0.25) is 4.90 Å². The zero-order chi connectivity index (χ0) is 29.3. The Labute approximate surface area is 239 Å². The van der Waals surface area contributed by atoms with Crippen LogP contribution < -0.4 is 14.4 Å². The van der Waals surface area contributed by atoms with Crippen LogP contribution in [0.2, 0.25) is 0 Å². The first-order chi connectivity index (χ1) is 18.7. The molecular weight excluding hydrogens is 508 g/mol. The number of rotatable bonds is 7. The monoisotopic (exact) mass is 554 g/mol. The molecule has 0 radical (unpaired) electrons. The van der Waals surface area contributed by atoms with E-state index in [2.05, 4.69) is 24.8 Å². The quantitative estimate of drug-likeness (QED) is 0.439. The van der Waals surface area contributed by atoms with E-state index in [1.165, 1.54) is 6.42 Å². The van der Waals surface area contributed by atoms with Crippen molar-refractivity contribution in [3.63, 3.8) is 0 Å². The molecule has 2 aliphatic heterocycles. The fourth-order valence-corrected chi connectivity index (χ4v) is 5.61. The number of carbonyl (C=O) groups excluding carboxylic acids is 1. The summed E-state index contributed by atoms with van der Waals surface area (Å²) in [4.78, 5) is 17.0. The van der Waals surface area contributed by atoms with Crippen molar-refractivity contribution < 1.29 is 28.8 Å². The minimum atomic E-state index is -0.900. The number of hydrogen-bond donors (Lipinski definition) is 1.